The zero-order chi connectivity index (χ0) is 29.0. The second kappa shape index (κ2) is 13.1. The van der Waals surface area contributed by atoms with Gasteiger partial charge in [0.25, 0.3) is 11.8 Å². The van der Waals surface area contributed by atoms with Crippen molar-refractivity contribution in [3.05, 3.63) is 44.7 Å². The number of nitrogens with two attached hydrogens (primary N) is 2. The van der Waals surface area contributed by atoms with Gasteiger partial charge in [-0.3, -0.25) is 24.5 Å². The molecule has 212 valence electrons. The van der Waals surface area contributed by atoms with E-state index in [9.17, 15) is 24.7 Å². The molecule has 0 radical (unpaired) electrons. The van der Waals surface area contributed by atoms with Crippen LogP contribution in [0.15, 0.2) is 44.1 Å². The highest BCUT2D eigenvalue weighted by Crippen LogP contribution is 2.46. The maximum atomic E-state index is 13.1. The van der Waals surface area contributed by atoms with E-state index in [2.05, 4.69) is 25.4 Å². The number of fused-ring (bicyclic) bond motifs is 1. The number of hydrogen-bond donors (Lipinski definition) is 5. The Hall–Kier alpha value is -2.99. The van der Waals surface area contributed by atoms with E-state index in [0.29, 0.717) is 16.4 Å². The fraction of sp³-hybridized carbons (Fsp3) is 0.318. The van der Waals surface area contributed by atoms with Crippen LogP contribution in [0.5, 0.6) is 0 Å². The Balaban J connectivity index is 1.49. The molecule has 0 spiro atoms. The van der Waals surface area contributed by atoms with Crippen LogP contribution in [0.1, 0.15) is 18.2 Å². The zero-order valence-corrected chi connectivity index (χ0v) is 24.7. The number of aliphatic carboxylic acids is 1. The summed E-state index contributed by atoms with van der Waals surface area (Å²) in [5.41, 5.74) is 11.1. The Morgan fingerprint density at radius 3 is 2.88 bits per heavy atom. The van der Waals surface area contributed by atoms with Gasteiger partial charge in [-0.25, -0.2) is 9.78 Å². The molecule has 0 bridgehead atoms. The standard InChI is InChI=1S/C22H23ClN8O5S4/c1-9(27-8-24)5-37-6-10-4-26-3-2-11(10)39-12-7-38-20-15(19(33)31(20)16(12)21(34)35)28-18(32)14(30-36)13-17(23)40-22(25)29-13/h2-4,8-9,15,20,36H,5-7H2,1H3,(H2,24,27)(H2,25,29)(H,28,32)(H,34,35)/b30-14-/t9?,15-,20+/m1/s1. The van der Waals surface area contributed by atoms with Gasteiger partial charge >= 0.3 is 5.97 Å². The first-order valence-electron chi connectivity index (χ1n) is 11.4. The van der Waals surface area contributed by atoms with E-state index in [4.69, 9.17) is 23.1 Å². The number of rotatable bonds is 11. The number of aromatic nitrogens is 2. The number of carboxylic acids is 1. The van der Waals surface area contributed by atoms with E-state index in [1.807, 2.05) is 6.92 Å². The molecule has 1 unspecified atom stereocenters. The monoisotopic (exact) mass is 642 g/mol. The van der Waals surface area contributed by atoms with Crippen molar-refractivity contribution in [2.75, 3.05) is 17.2 Å². The second-order valence-electron chi connectivity index (χ2n) is 8.31. The fourth-order valence-corrected chi connectivity index (χ4v) is 8.41. The molecule has 2 aromatic heterocycles. The lowest BCUT2D eigenvalue weighted by molar-refractivity contribution is -0.150. The Bertz CT molecular complexity index is 1420. The molecule has 4 rings (SSSR count). The van der Waals surface area contributed by atoms with Crippen LogP contribution in [-0.4, -0.2) is 84.0 Å². The number of thiazole rings is 1. The number of nitrogens with one attached hydrogen (secondary N) is 1. The van der Waals surface area contributed by atoms with Crippen LogP contribution in [0.4, 0.5) is 5.13 Å². The van der Waals surface area contributed by atoms with Crippen molar-refractivity contribution < 1.29 is 24.7 Å². The molecule has 18 heteroatoms. The van der Waals surface area contributed by atoms with Gasteiger partial charge in [-0.05, 0) is 18.6 Å². The van der Waals surface area contributed by atoms with Crippen molar-refractivity contribution in [2.24, 2.45) is 15.9 Å². The van der Waals surface area contributed by atoms with Crippen molar-refractivity contribution in [3.8, 4) is 0 Å². The molecule has 0 aliphatic carbocycles. The summed E-state index contributed by atoms with van der Waals surface area (Å²) in [5.74, 6) is -1.10. The van der Waals surface area contributed by atoms with E-state index >= 15 is 0 Å². The van der Waals surface area contributed by atoms with Crippen molar-refractivity contribution >= 4 is 93.2 Å². The Labute approximate surface area is 249 Å². The maximum Gasteiger partial charge on any atom is 0.353 e. The van der Waals surface area contributed by atoms with Crippen LogP contribution in [0.2, 0.25) is 4.34 Å². The third kappa shape index (κ3) is 6.33. The molecule has 1 fully saturated rings. The molecule has 3 atom stereocenters. The number of aliphatic imine (C=N–C) groups is 1. The number of carbonyl (C=O) groups is 3. The zero-order valence-electron chi connectivity index (χ0n) is 20.7. The van der Waals surface area contributed by atoms with Gasteiger partial charge in [-0.15, -0.1) is 11.8 Å². The number of carbonyl (C=O) groups excluding carboxylic acids is 2. The van der Waals surface area contributed by atoms with E-state index in [1.165, 1.54) is 29.9 Å². The van der Waals surface area contributed by atoms with E-state index < -0.39 is 34.9 Å². The second-order valence-corrected chi connectivity index (χ2v) is 13.2. The number of nitrogens with zero attached hydrogens (tertiary/aromatic N) is 5. The summed E-state index contributed by atoms with van der Waals surface area (Å²) >= 11 is 11.1. The van der Waals surface area contributed by atoms with Gasteiger partial charge in [-0.2, -0.15) is 11.8 Å². The minimum absolute atomic E-state index is 0.0410. The maximum absolute atomic E-state index is 13.1. The summed E-state index contributed by atoms with van der Waals surface area (Å²) in [6.45, 7) is 1.95. The minimum atomic E-state index is -1.26. The molecule has 2 aliphatic heterocycles. The SMILES string of the molecule is CC(CSCc1cnccc1SC1=C(C(=O)O)N2C(=O)[C@@H](NC(=O)/C(=N\O)c3nc(N)sc3Cl)[C@@H]2SC1)N=CN. The summed E-state index contributed by atoms with van der Waals surface area (Å²) < 4.78 is 0.0410. The van der Waals surface area contributed by atoms with Crippen LogP contribution < -0.4 is 16.8 Å². The molecule has 40 heavy (non-hydrogen) atoms. The smallest absolute Gasteiger partial charge is 0.353 e. The largest absolute Gasteiger partial charge is 0.477 e. The number of β-lactam (4-membered cyclic amide) rings is 1. The molecular weight excluding hydrogens is 620 g/mol. The molecule has 2 aromatic rings. The van der Waals surface area contributed by atoms with E-state index in [1.54, 1.807) is 30.2 Å². The minimum Gasteiger partial charge on any atom is -0.477 e. The average molecular weight is 643 g/mol. The number of carboxylic acid groups (broad SMARTS) is 1. The summed E-state index contributed by atoms with van der Waals surface area (Å²) in [7, 11) is 0. The van der Waals surface area contributed by atoms with Crippen molar-refractivity contribution in [3.63, 3.8) is 0 Å². The van der Waals surface area contributed by atoms with E-state index in [0.717, 1.165) is 32.4 Å². The first-order chi connectivity index (χ1) is 19.2. The Kier molecular flexibility index (Phi) is 9.83. The van der Waals surface area contributed by atoms with Gasteiger partial charge in [-0.1, -0.05) is 39.9 Å². The van der Waals surface area contributed by atoms with Gasteiger partial charge < -0.3 is 27.1 Å². The first kappa shape index (κ1) is 30.0. The third-order valence-corrected chi connectivity index (χ3v) is 10.6. The van der Waals surface area contributed by atoms with Crippen molar-refractivity contribution in [1.82, 2.24) is 20.2 Å². The predicted octanol–water partition coefficient (Wildman–Crippen LogP) is 2.05. The molecular formula is C22H23ClN8O5S4. The highest BCUT2D eigenvalue weighted by molar-refractivity contribution is 8.06. The normalized spacial score (nSPS) is 19.9. The summed E-state index contributed by atoms with van der Waals surface area (Å²) in [5, 5.41) is 24.3. The van der Waals surface area contributed by atoms with E-state index in [-0.39, 0.29) is 26.9 Å². The van der Waals surface area contributed by atoms with Crippen molar-refractivity contribution in [2.45, 2.75) is 35.0 Å². The fourth-order valence-electron chi connectivity index (χ4n) is 3.83. The van der Waals surface area contributed by atoms with Crippen LogP contribution in [-0.2, 0) is 20.1 Å². The van der Waals surface area contributed by atoms with Gasteiger partial charge in [0.1, 0.15) is 27.1 Å². The molecule has 1 saturated heterocycles. The molecule has 0 saturated carbocycles. The average Bonchev–Trinajstić information content (AvgIpc) is 3.25. The highest BCUT2D eigenvalue weighted by atomic mass is 35.5. The quantitative estimate of drug-likeness (QED) is 0.0784. The molecule has 4 heterocycles. The summed E-state index contributed by atoms with van der Waals surface area (Å²) in [6.07, 6.45) is 4.64. The molecule has 2 aliphatic rings. The lowest BCUT2D eigenvalue weighted by Gasteiger charge is -2.49. The lowest BCUT2D eigenvalue weighted by Crippen LogP contribution is -2.71. The Morgan fingerprint density at radius 2 is 2.23 bits per heavy atom. The van der Waals surface area contributed by atoms with Gasteiger partial charge in [0.05, 0.1) is 12.4 Å². The summed E-state index contributed by atoms with van der Waals surface area (Å²) in [4.78, 5) is 52.9. The number of oxime groups is 1. The number of hydrogen-bond acceptors (Lipinski definition) is 13. The number of thioether (sulfide) groups is 3. The van der Waals surface area contributed by atoms with Gasteiger partial charge in [0.2, 0.25) is 0 Å². The molecule has 2 amide bonds. The highest BCUT2D eigenvalue weighted by Gasteiger charge is 2.54. The van der Waals surface area contributed by atoms with Gasteiger partial charge in [0.15, 0.2) is 10.8 Å². The molecule has 0 aromatic carbocycles. The predicted molar refractivity (Wildman–Crippen MR) is 158 cm³/mol. The molecule has 13 nitrogen and oxygen atoms in total. The summed E-state index contributed by atoms with van der Waals surface area (Å²) in [6, 6.07) is 0.812. The Morgan fingerprint density at radius 1 is 1.45 bits per heavy atom. The number of anilines is 1. The van der Waals surface area contributed by atoms with Crippen LogP contribution in [0.3, 0.4) is 0 Å². The number of nitrogen functional groups attached to an aromatic ring is 1. The number of pyridine rings is 1. The lowest BCUT2D eigenvalue weighted by atomic mass is 10.0. The number of amides is 2. The van der Waals surface area contributed by atoms with Crippen LogP contribution in [0.25, 0.3) is 0 Å². The topological polar surface area (TPSA) is 209 Å². The van der Waals surface area contributed by atoms with Crippen molar-refractivity contribution in [1.29, 1.82) is 0 Å². The van der Waals surface area contributed by atoms with Crippen LogP contribution in [0, 0.1) is 0 Å². The number of halogens is 1. The first-order valence-corrected chi connectivity index (χ1v) is 15.7. The third-order valence-electron chi connectivity index (χ3n) is 5.61. The molecule has 7 N–H and O–H groups in total. The van der Waals surface area contributed by atoms with Crippen LogP contribution >= 0.6 is 58.2 Å². The van der Waals surface area contributed by atoms with Gasteiger partial charge in [0, 0.05) is 39.5 Å².